The van der Waals surface area contributed by atoms with Crippen LogP contribution in [0, 0.1) is 0 Å². The van der Waals surface area contributed by atoms with Crippen molar-refractivity contribution < 1.29 is 19.4 Å². The Hall–Kier alpha value is -2.47. The monoisotopic (exact) mass is 383 g/mol. The van der Waals surface area contributed by atoms with E-state index in [1.165, 1.54) is 16.0 Å². The van der Waals surface area contributed by atoms with Crippen molar-refractivity contribution in [3.8, 4) is 11.1 Å². The molecule has 140 valence electrons. The lowest BCUT2D eigenvalue weighted by atomic mass is 9.98. The number of carbonyl (C=O) groups is 2. The molecule has 2 atom stereocenters. The van der Waals surface area contributed by atoms with Crippen molar-refractivity contribution in [2.24, 2.45) is 0 Å². The van der Waals surface area contributed by atoms with E-state index in [0.717, 1.165) is 11.1 Å². The molecule has 2 aliphatic rings. The highest BCUT2D eigenvalue weighted by Crippen LogP contribution is 2.44. The SMILES string of the molecule is CSC1C[C@H](C(=O)O)N(C(=O)OCC2c3ccccc3-c3ccccc32)C1. The summed E-state index contributed by atoms with van der Waals surface area (Å²) >= 11 is 1.59. The van der Waals surface area contributed by atoms with E-state index >= 15 is 0 Å². The molecule has 1 aliphatic carbocycles. The van der Waals surface area contributed by atoms with E-state index in [0.29, 0.717) is 13.0 Å². The predicted octanol–water partition coefficient (Wildman–Crippen LogP) is 3.83. The van der Waals surface area contributed by atoms with E-state index in [4.69, 9.17) is 4.74 Å². The van der Waals surface area contributed by atoms with Crippen LogP contribution in [0.3, 0.4) is 0 Å². The number of hydrogen-bond acceptors (Lipinski definition) is 4. The molecule has 5 nitrogen and oxygen atoms in total. The van der Waals surface area contributed by atoms with Crippen molar-refractivity contribution in [2.45, 2.75) is 23.6 Å². The third-order valence-electron chi connectivity index (χ3n) is 5.45. The Balaban J connectivity index is 1.52. The molecule has 1 unspecified atom stereocenters. The highest BCUT2D eigenvalue weighted by molar-refractivity contribution is 7.99. The second-order valence-electron chi connectivity index (χ2n) is 6.90. The number of rotatable bonds is 4. The zero-order valence-corrected chi connectivity index (χ0v) is 15.8. The Morgan fingerprint density at radius 2 is 1.70 bits per heavy atom. The number of fused-ring (bicyclic) bond motifs is 3. The van der Waals surface area contributed by atoms with Gasteiger partial charge in [0.15, 0.2) is 0 Å². The lowest BCUT2D eigenvalue weighted by Gasteiger charge is -2.22. The Labute approximate surface area is 162 Å². The van der Waals surface area contributed by atoms with Crippen molar-refractivity contribution in [1.82, 2.24) is 4.90 Å². The van der Waals surface area contributed by atoms with Crippen LogP contribution in [-0.2, 0) is 9.53 Å². The van der Waals surface area contributed by atoms with Crippen molar-refractivity contribution in [1.29, 1.82) is 0 Å². The Morgan fingerprint density at radius 1 is 1.11 bits per heavy atom. The highest BCUT2D eigenvalue weighted by atomic mass is 32.2. The Morgan fingerprint density at radius 3 is 2.26 bits per heavy atom. The molecule has 6 heteroatoms. The minimum Gasteiger partial charge on any atom is -0.480 e. The molecular weight excluding hydrogens is 362 g/mol. The summed E-state index contributed by atoms with van der Waals surface area (Å²) in [6.07, 6.45) is 1.85. The Bertz CT molecular complexity index is 838. The van der Waals surface area contributed by atoms with Crippen LogP contribution in [0.5, 0.6) is 0 Å². The normalized spacial score (nSPS) is 21.0. The largest absolute Gasteiger partial charge is 0.480 e. The third kappa shape index (κ3) is 3.18. The van der Waals surface area contributed by atoms with Gasteiger partial charge in [-0.15, -0.1) is 0 Å². The summed E-state index contributed by atoms with van der Waals surface area (Å²) < 4.78 is 5.61. The lowest BCUT2D eigenvalue weighted by molar-refractivity contribution is -0.141. The van der Waals surface area contributed by atoms with Crippen LogP contribution >= 0.6 is 11.8 Å². The molecule has 0 radical (unpaired) electrons. The molecule has 27 heavy (non-hydrogen) atoms. The molecule has 2 aromatic rings. The first-order valence-electron chi connectivity index (χ1n) is 8.97. The number of ether oxygens (including phenoxy) is 1. The predicted molar refractivity (Wildman–Crippen MR) is 105 cm³/mol. The summed E-state index contributed by atoms with van der Waals surface area (Å²) in [6.45, 7) is 0.619. The summed E-state index contributed by atoms with van der Waals surface area (Å²) in [5.74, 6) is -0.997. The number of nitrogens with zero attached hydrogens (tertiary/aromatic N) is 1. The average molecular weight is 383 g/mol. The van der Waals surface area contributed by atoms with E-state index in [1.54, 1.807) is 11.8 Å². The van der Waals surface area contributed by atoms with Gasteiger partial charge in [-0.3, -0.25) is 4.90 Å². The van der Waals surface area contributed by atoms with Gasteiger partial charge >= 0.3 is 12.1 Å². The summed E-state index contributed by atoms with van der Waals surface area (Å²) in [7, 11) is 0. The number of carboxylic acids is 1. The molecule has 4 rings (SSSR count). The maximum atomic E-state index is 12.6. The quantitative estimate of drug-likeness (QED) is 0.869. The smallest absolute Gasteiger partial charge is 0.410 e. The summed E-state index contributed by atoms with van der Waals surface area (Å²) in [5.41, 5.74) is 4.62. The van der Waals surface area contributed by atoms with Crippen molar-refractivity contribution in [3.05, 3.63) is 59.7 Å². The molecule has 1 heterocycles. The number of likely N-dealkylation sites (tertiary alicyclic amines) is 1. The van der Waals surface area contributed by atoms with E-state index in [2.05, 4.69) is 24.3 Å². The number of benzene rings is 2. The zero-order valence-electron chi connectivity index (χ0n) is 15.0. The molecule has 1 amide bonds. The fourth-order valence-electron chi connectivity index (χ4n) is 4.08. The first-order chi connectivity index (χ1) is 13.1. The first-order valence-corrected chi connectivity index (χ1v) is 10.3. The van der Waals surface area contributed by atoms with E-state index in [-0.39, 0.29) is 17.8 Å². The number of thioether (sulfide) groups is 1. The van der Waals surface area contributed by atoms with Crippen LogP contribution in [0.15, 0.2) is 48.5 Å². The average Bonchev–Trinajstić information content (AvgIpc) is 3.26. The zero-order chi connectivity index (χ0) is 19.0. The lowest BCUT2D eigenvalue weighted by Crippen LogP contribution is -2.41. The van der Waals surface area contributed by atoms with Gasteiger partial charge in [-0.2, -0.15) is 11.8 Å². The second kappa shape index (κ2) is 7.27. The van der Waals surface area contributed by atoms with Gasteiger partial charge in [0.05, 0.1) is 0 Å². The van der Waals surface area contributed by atoms with Gasteiger partial charge in [0.25, 0.3) is 0 Å². The maximum Gasteiger partial charge on any atom is 0.410 e. The van der Waals surface area contributed by atoms with Crippen LogP contribution < -0.4 is 0 Å². The van der Waals surface area contributed by atoms with Gasteiger partial charge in [0.2, 0.25) is 0 Å². The van der Waals surface area contributed by atoms with Gasteiger partial charge < -0.3 is 9.84 Å². The van der Waals surface area contributed by atoms with E-state index < -0.39 is 18.1 Å². The van der Waals surface area contributed by atoms with E-state index in [9.17, 15) is 14.7 Å². The number of aliphatic carboxylic acids is 1. The summed E-state index contributed by atoms with van der Waals surface area (Å²) in [6, 6.07) is 15.5. The van der Waals surface area contributed by atoms with Crippen LogP contribution in [0.2, 0.25) is 0 Å². The van der Waals surface area contributed by atoms with Crippen molar-refractivity contribution in [3.63, 3.8) is 0 Å². The summed E-state index contributed by atoms with van der Waals surface area (Å²) in [4.78, 5) is 25.5. The molecule has 2 aromatic carbocycles. The third-order valence-corrected chi connectivity index (χ3v) is 6.46. The van der Waals surface area contributed by atoms with Crippen LogP contribution in [0.1, 0.15) is 23.5 Å². The molecule has 1 fully saturated rings. The van der Waals surface area contributed by atoms with Gasteiger partial charge in [-0.25, -0.2) is 9.59 Å². The molecule has 0 bridgehead atoms. The van der Waals surface area contributed by atoms with Crippen LogP contribution in [-0.4, -0.2) is 52.8 Å². The van der Waals surface area contributed by atoms with Gasteiger partial charge in [-0.05, 0) is 34.9 Å². The molecule has 0 aromatic heterocycles. The molecule has 0 saturated carbocycles. The van der Waals surface area contributed by atoms with Crippen LogP contribution in [0.4, 0.5) is 4.79 Å². The standard InChI is InChI=1S/C21H21NO4S/c1-27-13-10-19(20(23)24)22(11-13)21(25)26-12-18-16-8-4-2-6-14(16)15-7-3-5-9-17(15)18/h2-9,13,18-19H,10-12H2,1H3,(H,23,24)/t13?,19-/m1/s1. The van der Waals surface area contributed by atoms with Gasteiger partial charge in [-0.1, -0.05) is 48.5 Å². The number of carboxylic acid groups (broad SMARTS) is 1. The van der Waals surface area contributed by atoms with Crippen molar-refractivity contribution in [2.75, 3.05) is 19.4 Å². The van der Waals surface area contributed by atoms with Crippen LogP contribution in [0.25, 0.3) is 11.1 Å². The van der Waals surface area contributed by atoms with Gasteiger partial charge in [0.1, 0.15) is 12.6 Å². The molecular formula is C21H21NO4S. The number of amides is 1. The van der Waals surface area contributed by atoms with Gasteiger partial charge in [0, 0.05) is 17.7 Å². The molecule has 1 saturated heterocycles. The minimum atomic E-state index is -0.972. The Kier molecular flexibility index (Phi) is 4.83. The van der Waals surface area contributed by atoms with E-state index in [1.807, 2.05) is 30.5 Å². The number of carbonyl (C=O) groups excluding carboxylic acids is 1. The molecule has 0 spiro atoms. The number of hydrogen-bond donors (Lipinski definition) is 1. The topological polar surface area (TPSA) is 66.8 Å². The molecule has 1 N–H and O–H groups in total. The highest BCUT2D eigenvalue weighted by Gasteiger charge is 2.40. The fraction of sp³-hybridized carbons (Fsp3) is 0.333. The van der Waals surface area contributed by atoms with Crippen molar-refractivity contribution >= 4 is 23.8 Å². The maximum absolute atomic E-state index is 12.6. The molecule has 1 aliphatic heterocycles. The fourth-order valence-corrected chi connectivity index (χ4v) is 4.77. The summed E-state index contributed by atoms with van der Waals surface area (Å²) in [5, 5.41) is 9.56. The first kappa shape index (κ1) is 17.9. The second-order valence-corrected chi connectivity index (χ2v) is 8.04. The minimum absolute atomic E-state index is 0.0245.